The molecule has 2 aliphatic carbocycles. The van der Waals surface area contributed by atoms with E-state index < -0.39 is 30.5 Å². The van der Waals surface area contributed by atoms with Crippen LogP contribution in [0.1, 0.15) is 82.7 Å². The number of halogens is 3. The molecule has 1 fully saturated rings. The van der Waals surface area contributed by atoms with Crippen molar-refractivity contribution in [1.29, 1.82) is 0 Å². The quantitative estimate of drug-likeness (QED) is 0.197. The zero-order valence-electron chi connectivity index (χ0n) is 24.2. The van der Waals surface area contributed by atoms with Gasteiger partial charge in [0.1, 0.15) is 11.9 Å². The highest BCUT2D eigenvalue weighted by molar-refractivity contribution is 7.87. The summed E-state index contributed by atoms with van der Waals surface area (Å²) in [6.45, 7) is 17.0. The van der Waals surface area contributed by atoms with Crippen LogP contribution in [0.25, 0.3) is 16.3 Å². The Bertz CT molecular complexity index is 1390. The smallest absolute Gasteiger partial charge is 0.496 e. The zero-order valence-corrected chi connectivity index (χ0v) is 26.2. The van der Waals surface area contributed by atoms with E-state index >= 15 is 0 Å². The summed E-state index contributed by atoms with van der Waals surface area (Å²) >= 11 is 0. The fourth-order valence-electron chi connectivity index (χ4n) is 5.64. The molecule has 0 aliphatic heterocycles. The molecule has 0 bridgehead atoms. The zero-order chi connectivity index (χ0) is 29.3. The predicted molar refractivity (Wildman–Crippen MR) is 153 cm³/mol. The third kappa shape index (κ3) is 5.46. The minimum Gasteiger partial charge on any atom is -0.496 e. The van der Waals surface area contributed by atoms with Gasteiger partial charge in [-0.15, -0.1) is 0 Å². The molecule has 0 spiro atoms. The molecule has 0 saturated heterocycles. The Hall–Kier alpha value is -2.10. The van der Waals surface area contributed by atoms with Crippen LogP contribution in [-0.4, -0.2) is 29.8 Å². The first-order chi connectivity index (χ1) is 17.8. The number of rotatable bonds is 6. The van der Waals surface area contributed by atoms with Crippen molar-refractivity contribution >= 4 is 24.1 Å². The van der Waals surface area contributed by atoms with Gasteiger partial charge >= 0.3 is 15.6 Å². The molecular weight excluding hydrogens is 541 g/mol. The normalized spacial score (nSPS) is 18.6. The molecule has 9 heteroatoms. The minimum atomic E-state index is -5.79. The number of benzene rings is 2. The van der Waals surface area contributed by atoms with Crippen LogP contribution in [-0.2, 0) is 25.1 Å². The van der Waals surface area contributed by atoms with Gasteiger partial charge in [-0.3, -0.25) is 4.18 Å². The molecule has 4 rings (SSSR count). The van der Waals surface area contributed by atoms with Crippen molar-refractivity contribution in [2.45, 2.75) is 89.9 Å². The molecule has 0 N–H and O–H groups in total. The number of alkyl halides is 3. The summed E-state index contributed by atoms with van der Waals surface area (Å²) in [5, 5.41) is 1.02. The standard InChI is InChI=1S/C30H39F3O4SSi/c1-28(2,3)21-15-18(16-22(26(21)36-7)29(4,5)6)19-11-10-12-20-24(19)27(39(8)9)23(17-13-14-17)25(20)37-38(34,35)30(31,32)33/h10-12,15-17,25,39H,13-14H2,1-9H3. The van der Waals surface area contributed by atoms with Crippen molar-refractivity contribution in [3.63, 3.8) is 0 Å². The maximum atomic E-state index is 13.5. The van der Waals surface area contributed by atoms with E-state index in [1.54, 1.807) is 19.2 Å². The lowest BCUT2D eigenvalue weighted by atomic mass is 9.77. The summed E-state index contributed by atoms with van der Waals surface area (Å²) < 4.78 is 75.9. The van der Waals surface area contributed by atoms with Crippen LogP contribution in [0.2, 0.25) is 13.1 Å². The van der Waals surface area contributed by atoms with Crippen molar-refractivity contribution in [2.24, 2.45) is 5.92 Å². The summed E-state index contributed by atoms with van der Waals surface area (Å²) in [7, 11) is -5.75. The van der Waals surface area contributed by atoms with E-state index in [0.29, 0.717) is 5.56 Å². The first kappa shape index (κ1) is 29.9. The van der Waals surface area contributed by atoms with Gasteiger partial charge in [0.15, 0.2) is 0 Å². The van der Waals surface area contributed by atoms with Crippen molar-refractivity contribution in [1.82, 2.24) is 0 Å². The van der Waals surface area contributed by atoms with Gasteiger partial charge in [0.25, 0.3) is 0 Å². The van der Waals surface area contributed by atoms with Crippen molar-refractivity contribution < 1.29 is 30.5 Å². The second-order valence-corrected chi connectivity index (χ2v) is 17.5. The first-order valence-corrected chi connectivity index (χ1v) is 17.7. The highest BCUT2D eigenvalue weighted by atomic mass is 32.2. The Labute approximate surface area is 232 Å². The van der Waals surface area contributed by atoms with E-state index in [9.17, 15) is 21.6 Å². The Balaban J connectivity index is 2.05. The van der Waals surface area contributed by atoms with Gasteiger partial charge in [-0.2, -0.15) is 21.6 Å². The molecule has 1 saturated carbocycles. The average molecular weight is 581 g/mol. The third-order valence-corrected chi connectivity index (χ3v) is 10.4. The second kappa shape index (κ2) is 9.77. The highest BCUT2D eigenvalue weighted by Crippen LogP contribution is 2.57. The Morgan fingerprint density at radius 1 is 0.923 bits per heavy atom. The molecule has 0 aromatic heterocycles. The lowest BCUT2D eigenvalue weighted by Gasteiger charge is -2.30. The molecule has 39 heavy (non-hydrogen) atoms. The summed E-state index contributed by atoms with van der Waals surface area (Å²) in [4.78, 5) is 0. The van der Waals surface area contributed by atoms with Crippen LogP contribution < -0.4 is 4.74 Å². The van der Waals surface area contributed by atoms with E-state index in [4.69, 9.17) is 8.92 Å². The van der Waals surface area contributed by atoms with Gasteiger partial charge in [-0.25, -0.2) is 0 Å². The van der Waals surface area contributed by atoms with Gasteiger partial charge in [0.05, 0.1) is 15.9 Å². The van der Waals surface area contributed by atoms with Crippen LogP contribution >= 0.6 is 0 Å². The fraction of sp³-hybridized carbons (Fsp3) is 0.533. The Kier molecular flexibility index (Phi) is 7.48. The number of ether oxygens (including phenoxy) is 1. The maximum Gasteiger partial charge on any atom is 0.523 e. The molecular formula is C30H39F3O4SSi. The third-order valence-electron chi connectivity index (χ3n) is 7.56. The lowest BCUT2D eigenvalue weighted by Crippen LogP contribution is -2.27. The molecule has 2 aromatic rings. The first-order valence-electron chi connectivity index (χ1n) is 13.4. The molecule has 2 aliphatic rings. The van der Waals surface area contributed by atoms with Crippen molar-refractivity contribution in [3.05, 3.63) is 58.2 Å². The second-order valence-electron chi connectivity index (χ2n) is 13.0. The van der Waals surface area contributed by atoms with Gasteiger partial charge in [-0.1, -0.05) is 78.0 Å². The largest absolute Gasteiger partial charge is 0.523 e. The number of fused-ring (bicyclic) bond motifs is 1. The van der Waals surface area contributed by atoms with Gasteiger partial charge in [0.2, 0.25) is 0 Å². The van der Waals surface area contributed by atoms with Crippen LogP contribution in [0, 0.1) is 5.92 Å². The maximum absolute atomic E-state index is 13.5. The van der Waals surface area contributed by atoms with Gasteiger partial charge in [-0.05, 0) is 69.5 Å². The van der Waals surface area contributed by atoms with Crippen molar-refractivity contribution in [2.75, 3.05) is 7.11 Å². The van der Waals surface area contributed by atoms with Crippen molar-refractivity contribution in [3.8, 4) is 16.9 Å². The van der Waals surface area contributed by atoms with Crippen LogP contribution in [0.5, 0.6) is 5.75 Å². The van der Waals surface area contributed by atoms with E-state index in [2.05, 4.69) is 66.8 Å². The lowest BCUT2D eigenvalue weighted by molar-refractivity contribution is -0.0564. The molecule has 0 radical (unpaired) electrons. The molecule has 0 heterocycles. The summed E-state index contributed by atoms with van der Waals surface area (Å²) in [6.07, 6.45) is 0.381. The monoisotopic (exact) mass is 580 g/mol. The van der Waals surface area contributed by atoms with Crippen LogP contribution in [0.3, 0.4) is 0 Å². The Morgan fingerprint density at radius 2 is 1.46 bits per heavy atom. The van der Waals surface area contributed by atoms with E-state index in [1.165, 1.54) is 0 Å². The summed E-state index contributed by atoms with van der Waals surface area (Å²) in [5.74, 6) is 0.867. The van der Waals surface area contributed by atoms with E-state index in [1.807, 2.05) is 6.07 Å². The SMILES string of the molecule is COc1c(C(C)(C)C)cc(-c2cccc3c2C([SiH](C)C)=C(C2CC2)C3OS(=O)(=O)C(F)(F)F)cc1C(C)(C)C. The van der Waals surface area contributed by atoms with Gasteiger partial charge in [0, 0.05) is 11.1 Å². The topological polar surface area (TPSA) is 52.6 Å². The molecule has 1 unspecified atom stereocenters. The van der Waals surface area contributed by atoms with Gasteiger partial charge < -0.3 is 4.74 Å². The molecule has 1 atom stereocenters. The predicted octanol–water partition coefficient (Wildman–Crippen LogP) is 8.07. The fourth-order valence-corrected chi connectivity index (χ4v) is 8.16. The Morgan fingerprint density at radius 3 is 1.87 bits per heavy atom. The summed E-state index contributed by atoms with van der Waals surface area (Å²) in [6, 6.07) is 9.72. The molecule has 0 amide bonds. The average Bonchev–Trinajstić information content (AvgIpc) is 3.58. The van der Waals surface area contributed by atoms with Crippen LogP contribution in [0.4, 0.5) is 13.2 Å². The number of hydrogen-bond acceptors (Lipinski definition) is 4. The minimum absolute atomic E-state index is 0.0368. The highest BCUT2D eigenvalue weighted by Gasteiger charge is 2.52. The molecule has 214 valence electrons. The molecule has 4 nitrogen and oxygen atoms in total. The van der Waals surface area contributed by atoms with Crippen LogP contribution in [0.15, 0.2) is 35.9 Å². The number of methoxy groups -OCH3 is 1. The van der Waals surface area contributed by atoms with E-state index in [0.717, 1.165) is 57.2 Å². The molecule has 2 aromatic carbocycles. The van der Waals surface area contributed by atoms with E-state index in [-0.39, 0.29) is 16.7 Å². The summed E-state index contributed by atoms with van der Waals surface area (Å²) in [5.41, 5.74) is -0.0102. The number of hydrogen-bond donors (Lipinski definition) is 0.